The maximum Gasteiger partial charge on any atom is 0.410 e. The van der Waals surface area contributed by atoms with Crippen molar-refractivity contribution in [2.24, 2.45) is 5.41 Å². The summed E-state index contributed by atoms with van der Waals surface area (Å²) < 4.78 is 9.86. The number of nitrogens with zero attached hydrogens (tertiary/aromatic N) is 1. The van der Waals surface area contributed by atoms with Crippen molar-refractivity contribution in [2.75, 3.05) is 26.3 Å². The molecule has 2 rings (SSSR count). The highest BCUT2D eigenvalue weighted by molar-refractivity contribution is 5.68. The van der Waals surface area contributed by atoms with Gasteiger partial charge in [0, 0.05) is 13.1 Å². The Labute approximate surface area is 88.3 Å². The molecule has 2 aliphatic heterocycles. The van der Waals surface area contributed by atoms with Gasteiger partial charge in [-0.2, -0.15) is 0 Å². The molecule has 0 aliphatic carbocycles. The number of ether oxygens (including phenoxy) is 2. The summed E-state index contributed by atoms with van der Waals surface area (Å²) in [5.74, 6) is 0. The fourth-order valence-electron chi connectivity index (χ4n) is 1.99. The highest BCUT2D eigenvalue weighted by Gasteiger charge is 2.53. The summed E-state index contributed by atoms with van der Waals surface area (Å²) in [6.07, 6.45) is 1.24. The van der Waals surface area contributed by atoms with E-state index < -0.39 is 6.29 Å². The van der Waals surface area contributed by atoms with Gasteiger partial charge in [0.05, 0.1) is 12.0 Å². The highest BCUT2D eigenvalue weighted by atomic mass is 16.6. The van der Waals surface area contributed by atoms with E-state index in [1.165, 1.54) is 6.08 Å². The molecular formula is C10H15NO4. The van der Waals surface area contributed by atoms with Crippen molar-refractivity contribution in [3.63, 3.8) is 0 Å². The van der Waals surface area contributed by atoms with Crippen LogP contribution in [-0.4, -0.2) is 48.7 Å². The summed E-state index contributed by atoms with van der Waals surface area (Å²) in [6.45, 7) is 5.36. The molecule has 5 heteroatoms. The van der Waals surface area contributed by atoms with E-state index in [0.29, 0.717) is 19.7 Å². The molecule has 2 atom stereocenters. The van der Waals surface area contributed by atoms with Crippen molar-refractivity contribution in [3.8, 4) is 0 Å². The molecule has 0 aromatic rings. The van der Waals surface area contributed by atoms with E-state index in [-0.39, 0.29) is 18.1 Å². The fourth-order valence-corrected chi connectivity index (χ4v) is 1.99. The van der Waals surface area contributed by atoms with Crippen LogP contribution in [0.1, 0.15) is 6.42 Å². The number of aliphatic hydroxyl groups is 1. The second kappa shape index (κ2) is 3.83. The lowest BCUT2D eigenvalue weighted by atomic mass is 9.83. The van der Waals surface area contributed by atoms with Crippen LogP contribution < -0.4 is 0 Å². The summed E-state index contributed by atoms with van der Waals surface area (Å²) in [7, 11) is 0. The standard InChI is InChI=1S/C10H15NO4/c1-2-5-14-9(13)11-4-3-10(6-11)7-15-8(10)12/h2,8,12H,1,3-7H2. The molecule has 0 radical (unpaired) electrons. The quantitative estimate of drug-likeness (QED) is 0.672. The van der Waals surface area contributed by atoms with Crippen LogP contribution in [0.15, 0.2) is 12.7 Å². The van der Waals surface area contributed by atoms with Crippen molar-refractivity contribution < 1.29 is 19.4 Å². The van der Waals surface area contributed by atoms with Gasteiger partial charge in [0.15, 0.2) is 6.29 Å². The van der Waals surface area contributed by atoms with E-state index in [2.05, 4.69) is 6.58 Å². The van der Waals surface area contributed by atoms with E-state index in [1.54, 1.807) is 4.90 Å². The minimum Gasteiger partial charge on any atom is -0.445 e. The highest BCUT2D eigenvalue weighted by Crippen LogP contribution is 2.42. The Hall–Kier alpha value is -1.07. The van der Waals surface area contributed by atoms with Gasteiger partial charge in [0.25, 0.3) is 0 Å². The first-order chi connectivity index (χ1) is 7.18. The Morgan fingerprint density at radius 3 is 3.07 bits per heavy atom. The van der Waals surface area contributed by atoms with Crippen molar-refractivity contribution >= 4 is 6.09 Å². The van der Waals surface area contributed by atoms with Crippen LogP contribution in [0, 0.1) is 5.41 Å². The van der Waals surface area contributed by atoms with Crippen molar-refractivity contribution in [1.29, 1.82) is 0 Å². The second-order valence-corrected chi connectivity index (χ2v) is 4.06. The SMILES string of the molecule is C=CCOC(=O)N1CCC2(COC2O)C1. The molecule has 1 amide bonds. The predicted molar refractivity (Wildman–Crippen MR) is 52.1 cm³/mol. The summed E-state index contributed by atoms with van der Waals surface area (Å²) in [4.78, 5) is 13.1. The van der Waals surface area contributed by atoms with Gasteiger partial charge in [-0.05, 0) is 6.42 Å². The minimum absolute atomic E-state index is 0.224. The zero-order valence-electron chi connectivity index (χ0n) is 8.52. The van der Waals surface area contributed by atoms with E-state index in [1.807, 2.05) is 0 Å². The molecule has 2 heterocycles. The molecule has 84 valence electrons. The maximum absolute atomic E-state index is 11.5. The normalized spacial score (nSPS) is 33.9. The third-order valence-electron chi connectivity index (χ3n) is 3.02. The van der Waals surface area contributed by atoms with E-state index >= 15 is 0 Å². The molecule has 15 heavy (non-hydrogen) atoms. The Balaban J connectivity index is 1.87. The van der Waals surface area contributed by atoms with Gasteiger partial charge < -0.3 is 19.5 Å². The van der Waals surface area contributed by atoms with Crippen LogP contribution in [-0.2, 0) is 9.47 Å². The number of aliphatic hydroxyl groups excluding tert-OH is 1. The number of hydrogen-bond acceptors (Lipinski definition) is 4. The Kier molecular flexibility index (Phi) is 2.67. The van der Waals surface area contributed by atoms with Gasteiger partial charge >= 0.3 is 6.09 Å². The van der Waals surface area contributed by atoms with E-state index in [9.17, 15) is 9.90 Å². The lowest BCUT2D eigenvalue weighted by Crippen LogP contribution is -2.53. The maximum atomic E-state index is 11.5. The Morgan fingerprint density at radius 2 is 2.60 bits per heavy atom. The molecular weight excluding hydrogens is 198 g/mol. The summed E-state index contributed by atoms with van der Waals surface area (Å²) in [5.41, 5.74) is -0.243. The Bertz CT molecular complexity index is 281. The average molecular weight is 213 g/mol. The molecule has 0 aromatic heterocycles. The predicted octanol–water partition coefficient (Wildman–Crippen LogP) is 0.350. The molecule has 1 spiro atoms. The molecule has 5 nitrogen and oxygen atoms in total. The molecule has 2 fully saturated rings. The molecule has 2 saturated heterocycles. The topological polar surface area (TPSA) is 59.0 Å². The van der Waals surface area contributed by atoms with Crippen molar-refractivity contribution in [2.45, 2.75) is 12.7 Å². The van der Waals surface area contributed by atoms with Crippen LogP contribution in [0.5, 0.6) is 0 Å². The van der Waals surface area contributed by atoms with Crippen LogP contribution in [0.25, 0.3) is 0 Å². The first-order valence-electron chi connectivity index (χ1n) is 5.00. The zero-order valence-corrected chi connectivity index (χ0v) is 8.52. The summed E-state index contributed by atoms with van der Waals surface area (Å²) in [6, 6.07) is 0. The largest absolute Gasteiger partial charge is 0.445 e. The van der Waals surface area contributed by atoms with Crippen LogP contribution in [0.4, 0.5) is 4.79 Å². The first-order valence-corrected chi connectivity index (χ1v) is 5.00. The van der Waals surface area contributed by atoms with Crippen LogP contribution in [0.3, 0.4) is 0 Å². The van der Waals surface area contributed by atoms with Crippen molar-refractivity contribution in [1.82, 2.24) is 4.90 Å². The molecule has 1 N–H and O–H groups in total. The Morgan fingerprint density at radius 1 is 1.80 bits per heavy atom. The van der Waals surface area contributed by atoms with Crippen LogP contribution >= 0.6 is 0 Å². The van der Waals surface area contributed by atoms with Gasteiger partial charge in [-0.15, -0.1) is 0 Å². The minimum atomic E-state index is -0.727. The summed E-state index contributed by atoms with van der Waals surface area (Å²) >= 11 is 0. The fraction of sp³-hybridized carbons (Fsp3) is 0.700. The van der Waals surface area contributed by atoms with Crippen molar-refractivity contribution in [3.05, 3.63) is 12.7 Å². The molecule has 0 aromatic carbocycles. The van der Waals surface area contributed by atoms with Gasteiger partial charge in [-0.1, -0.05) is 12.7 Å². The van der Waals surface area contributed by atoms with E-state index in [0.717, 1.165) is 6.42 Å². The third-order valence-corrected chi connectivity index (χ3v) is 3.02. The number of hydrogen-bond donors (Lipinski definition) is 1. The number of rotatable bonds is 2. The molecule has 2 unspecified atom stereocenters. The lowest BCUT2D eigenvalue weighted by molar-refractivity contribution is -0.282. The van der Waals surface area contributed by atoms with Gasteiger partial charge in [-0.3, -0.25) is 0 Å². The number of amides is 1. The number of carbonyl (C=O) groups excluding carboxylic acids is 1. The van der Waals surface area contributed by atoms with Gasteiger partial charge in [0.2, 0.25) is 0 Å². The lowest BCUT2D eigenvalue weighted by Gasteiger charge is -2.42. The summed E-state index contributed by atoms with van der Waals surface area (Å²) in [5, 5.41) is 9.46. The van der Waals surface area contributed by atoms with Crippen LogP contribution in [0.2, 0.25) is 0 Å². The first kappa shape index (κ1) is 10.4. The average Bonchev–Trinajstić information content (AvgIpc) is 2.71. The molecule has 2 aliphatic rings. The monoisotopic (exact) mass is 213 g/mol. The van der Waals surface area contributed by atoms with Gasteiger partial charge in [0.1, 0.15) is 6.61 Å². The van der Waals surface area contributed by atoms with E-state index in [4.69, 9.17) is 9.47 Å². The number of likely N-dealkylation sites (tertiary alicyclic amines) is 1. The molecule has 0 saturated carbocycles. The zero-order chi connectivity index (χ0) is 10.9. The smallest absolute Gasteiger partial charge is 0.410 e. The van der Waals surface area contributed by atoms with Gasteiger partial charge in [-0.25, -0.2) is 4.79 Å². The second-order valence-electron chi connectivity index (χ2n) is 4.06. The molecule has 0 bridgehead atoms. The number of carbonyl (C=O) groups is 1. The third kappa shape index (κ3) is 1.72.